The maximum atomic E-state index is 13.1. The van der Waals surface area contributed by atoms with Crippen molar-refractivity contribution in [3.05, 3.63) is 18.2 Å². The average molecular weight is 361 g/mol. The Morgan fingerprint density at radius 1 is 1.38 bits per heavy atom. The van der Waals surface area contributed by atoms with E-state index in [4.69, 9.17) is 0 Å². The van der Waals surface area contributed by atoms with E-state index < -0.39 is 0 Å². The molecule has 1 saturated heterocycles. The molecule has 1 N–H and O–H groups in total. The molecular formula is C19H31N5O2. The first-order valence-electron chi connectivity index (χ1n) is 9.76. The molecule has 1 aliphatic carbocycles. The summed E-state index contributed by atoms with van der Waals surface area (Å²) in [5.41, 5.74) is 0. The number of aryl methyl sites for hydroxylation is 1. The van der Waals surface area contributed by atoms with Gasteiger partial charge in [0.2, 0.25) is 11.8 Å². The van der Waals surface area contributed by atoms with E-state index in [2.05, 4.69) is 15.2 Å². The van der Waals surface area contributed by atoms with Crippen molar-refractivity contribution in [3.63, 3.8) is 0 Å². The molecule has 2 heterocycles. The van der Waals surface area contributed by atoms with E-state index in [1.807, 2.05) is 36.6 Å². The Balaban J connectivity index is 1.71. The number of amides is 2. The summed E-state index contributed by atoms with van der Waals surface area (Å²) >= 11 is 0. The van der Waals surface area contributed by atoms with Crippen LogP contribution in [0.1, 0.15) is 51.8 Å². The van der Waals surface area contributed by atoms with Crippen molar-refractivity contribution in [1.29, 1.82) is 0 Å². The molecule has 7 nitrogen and oxygen atoms in total. The van der Waals surface area contributed by atoms with E-state index in [0.29, 0.717) is 19.1 Å². The summed E-state index contributed by atoms with van der Waals surface area (Å²) in [6.45, 7) is 6.02. The van der Waals surface area contributed by atoms with Crippen LogP contribution in [0.15, 0.2) is 12.4 Å². The van der Waals surface area contributed by atoms with Crippen LogP contribution in [0.2, 0.25) is 0 Å². The van der Waals surface area contributed by atoms with E-state index in [1.165, 1.54) is 12.8 Å². The first kappa shape index (κ1) is 18.9. The fourth-order valence-corrected chi connectivity index (χ4v) is 4.16. The van der Waals surface area contributed by atoms with Gasteiger partial charge in [0.1, 0.15) is 5.82 Å². The molecule has 2 amide bonds. The minimum absolute atomic E-state index is 0.00259. The van der Waals surface area contributed by atoms with Crippen molar-refractivity contribution in [2.24, 2.45) is 7.05 Å². The Hall–Kier alpha value is -1.89. The molecule has 2 fully saturated rings. The van der Waals surface area contributed by atoms with Crippen molar-refractivity contribution < 1.29 is 9.59 Å². The van der Waals surface area contributed by atoms with Crippen LogP contribution in [-0.4, -0.2) is 62.4 Å². The summed E-state index contributed by atoms with van der Waals surface area (Å²) < 4.78 is 1.93. The van der Waals surface area contributed by atoms with E-state index in [0.717, 1.165) is 25.2 Å². The molecule has 144 valence electrons. The SMILES string of the molecule is CC(C)N(Cc1nccn1C)C(=O)C[C@@H]1C(=O)NCCN1C1CCCC1. The molecule has 1 aromatic heterocycles. The van der Waals surface area contributed by atoms with Crippen LogP contribution in [0, 0.1) is 0 Å². The molecule has 7 heteroatoms. The molecule has 0 radical (unpaired) electrons. The van der Waals surface area contributed by atoms with Gasteiger partial charge in [-0.25, -0.2) is 4.98 Å². The summed E-state index contributed by atoms with van der Waals surface area (Å²) in [4.78, 5) is 34.0. The molecular weight excluding hydrogens is 330 g/mol. The highest BCUT2D eigenvalue weighted by molar-refractivity contribution is 5.89. The molecule has 0 aromatic carbocycles. The van der Waals surface area contributed by atoms with Crippen LogP contribution >= 0.6 is 0 Å². The summed E-state index contributed by atoms with van der Waals surface area (Å²) in [6.07, 6.45) is 8.59. The Labute approximate surface area is 155 Å². The van der Waals surface area contributed by atoms with Gasteiger partial charge in [0.25, 0.3) is 0 Å². The van der Waals surface area contributed by atoms with Crippen molar-refractivity contribution in [3.8, 4) is 0 Å². The average Bonchev–Trinajstić information content (AvgIpc) is 3.26. The topological polar surface area (TPSA) is 70.5 Å². The van der Waals surface area contributed by atoms with Crippen LogP contribution in [0.5, 0.6) is 0 Å². The highest BCUT2D eigenvalue weighted by Gasteiger charge is 2.37. The number of nitrogens with zero attached hydrogens (tertiary/aromatic N) is 4. The zero-order chi connectivity index (χ0) is 18.7. The second kappa shape index (κ2) is 8.20. The van der Waals surface area contributed by atoms with Crippen LogP contribution in [0.25, 0.3) is 0 Å². The van der Waals surface area contributed by atoms with Crippen molar-refractivity contribution >= 4 is 11.8 Å². The van der Waals surface area contributed by atoms with E-state index >= 15 is 0 Å². The Morgan fingerprint density at radius 3 is 2.73 bits per heavy atom. The summed E-state index contributed by atoms with van der Waals surface area (Å²) in [6, 6.07) is 0.161. The van der Waals surface area contributed by atoms with Gasteiger partial charge in [0.05, 0.1) is 19.0 Å². The predicted molar refractivity (Wildman–Crippen MR) is 99.3 cm³/mol. The lowest BCUT2D eigenvalue weighted by molar-refractivity contribution is -0.141. The number of rotatable bonds is 6. The van der Waals surface area contributed by atoms with Gasteiger partial charge in [-0.15, -0.1) is 0 Å². The largest absolute Gasteiger partial charge is 0.353 e. The van der Waals surface area contributed by atoms with Gasteiger partial charge >= 0.3 is 0 Å². The minimum Gasteiger partial charge on any atom is -0.353 e. The molecule has 3 rings (SSSR count). The minimum atomic E-state index is -0.345. The standard InChI is InChI=1S/C19H31N5O2/c1-14(2)24(13-17-20-8-10-22(17)3)18(25)12-16-19(26)21-9-11-23(16)15-6-4-5-7-15/h8,10,14-16H,4-7,9,11-13H2,1-3H3,(H,21,26)/t16-/m1/s1. The second-order valence-electron chi connectivity index (χ2n) is 7.76. The van der Waals surface area contributed by atoms with Crippen molar-refractivity contribution in [2.45, 2.75) is 70.6 Å². The lowest BCUT2D eigenvalue weighted by atomic mass is 10.0. The van der Waals surface area contributed by atoms with Crippen LogP contribution in [-0.2, 0) is 23.2 Å². The second-order valence-corrected chi connectivity index (χ2v) is 7.76. The lowest BCUT2D eigenvalue weighted by Gasteiger charge is -2.39. The van der Waals surface area contributed by atoms with E-state index in [1.54, 1.807) is 6.20 Å². The predicted octanol–water partition coefficient (Wildman–Crippen LogP) is 1.29. The van der Waals surface area contributed by atoms with Crippen LogP contribution < -0.4 is 5.32 Å². The van der Waals surface area contributed by atoms with Crippen molar-refractivity contribution in [1.82, 2.24) is 24.7 Å². The van der Waals surface area contributed by atoms with Gasteiger partial charge in [0, 0.05) is 44.6 Å². The molecule has 0 bridgehead atoms. The number of hydrogen-bond donors (Lipinski definition) is 1. The molecule has 1 aromatic rings. The Morgan fingerprint density at radius 2 is 2.12 bits per heavy atom. The molecule has 0 spiro atoms. The molecule has 1 aliphatic heterocycles. The third-order valence-electron chi connectivity index (χ3n) is 5.71. The van der Waals surface area contributed by atoms with E-state index in [9.17, 15) is 9.59 Å². The number of aromatic nitrogens is 2. The molecule has 26 heavy (non-hydrogen) atoms. The third kappa shape index (κ3) is 4.09. The molecule has 1 saturated carbocycles. The number of nitrogens with one attached hydrogen (secondary N) is 1. The zero-order valence-electron chi connectivity index (χ0n) is 16.1. The van der Waals surface area contributed by atoms with Gasteiger partial charge in [-0.2, -0.15) is 0 Å². The number of carbonyl (C=O) groups is 2. The summed E-state index contributed by atoms with van der Waals surface area (Å²) in [5, 5.41) is 2.95. The lowest BCUT2D eigenvalue weighted by Crippen LogP contribution is -2.59. The van der Waals surface area contributed by atoms with Crippen molar-refractivity contribution in [2.75, 3.05) is 13.1 Å². The van der Waals surface area contributed by atoms with Crippen LogP contribution in [0.3, 0.4) is 0 Å². The van der Waals surface area contributed by atoms with Gasteiger partial charge < -0.3 is 14.8 Å². The summed E-state index contributed by atoms with van der Waals surface area (Å²) in [5.74, 6) is 0.873. The smallest absolute Gasteiger partial charge is 0.237 e. The van der Waals surface area contributed by atoms with Gasteiger partial charge in [-0.1, -0.05) is 12.8 Å². The number of imidazole rings is 1. The normalized spacial score (nSPS) is 22.0. The first-order chi connectivity index (χ1) is 12.5. The molecule has 2 aliphatic rings. The summed E-state index contributed by atoms with van der Waals surface area (Å²) in [7, 11) is 1.93. The first-order valence-corrected chi connectivity index (χ1v) is 9.76. The highest BCUT2D eigenvalue weighted by Crippen LogP contribution is 2.27. The number of hydrogen-bond acceptors (Lipinski definition) is 4. The third-order valence-corrected chi connectivity index (χ3v) is 5.71. The van der Waals surface area contributed by atoms with Gasteiger partial charge in [-0.05, 0) is 26.7 Å². The maximum Gasteiger partial charge on any atom is 0.237 e. The molecule has 1 atom stereocenters. The van der Waals surface area contributed by atoms with E-state index in [-0.39, 0.29) is 30.3 Å². The maximum absolute atomic E-state index is 13.1. The fraction of sp³-hybridized carbons (Fsp3) is 0.737. The highest BCUT2D eigenvalue weighted by atomic mass is 16.2. The van der Waals surface area contributed by atoms with Gasteiger partial charge in [0.15, 0.2) is 0 Å². The van der Waals surface area contributed by atoms with Crippen LogP contribution in [0.4, 0.5) is 0 Å². The number of piperazine rings is 1. The Bertz CT molecular complexity index is 636. The molecule has 0 unspecified atom stereocenters. The van der Waals surface area contributed by atoms with Gasteiger partial charge in [-0.3, -0.25) is 14.5 Å². The quantitative estimate of drug-likeness (QED) is 0.829. The Kier molecular flexibility index (Phi) is 5.96. The fourth-order valence-electron chi connectivity index (χ4n) is 4.16. The zero-order valence-corrected chi connectivity index (χ0v) is 16.1. The monoisotopic (exact) mass is 361 g/mol. The number of carbonyl (C=O) groups excluding carboxylic acids is 2.